The summed E-state index contributed by atoms with van der Waals surface area (Å²) in [5.41, 5.74) is 0. The third-order valence-electron chi connectivity index (χ3n) is 2.28. The van der Waals surface area contributed by atoms with Crippen molar-refractivity contribution in [2.45, 2.75) is 17.9 Å². The van der Waals surface area contributed by atoms with Gasteiger partial charge in [-0.2, -0.15) is 9.57 Å². The van der Waals surface area contributed by atoms with Crippen LogP contribution < -0.4 is 0 Å². The fourth-order valence-electron chi connectivity index (χ4n) is 1.13. The zero-order valence-electron chi connectivity index (χ0n) is 9.18. The molecule has 0 amide bonds. The van der Waals surface area contributed by atoms with Crippen LogP contribution in [0.25, 0.3) is 0 Å². The van der Waals surface area contributed by atoms with E-state index in [0.29, 0.717) is 6.07 Å². The summed E-state index contributed by atoms with van der Waals surface area (Å²) >= 11 is 0. The molecule has 0 heterocycles. The number of halogens is 2. The molecule has 0 spiro atoms. The molecular formula is C10H10F2N2O2S. The van der Waals surface area contributed by atoms with Gasteiger partial charge >= 0.3 is 0 Å². The van der Waals surface area contributed by atoms with E-state index in [9.17, 15) is 17.2 Å². The van der Waals surface area contributed by atoms with Crippen LogP contribution in [-0.2, 0) is 10.0 Å². The maximum Gasteiger partial charge on any atom is 0.246 e. The number of rotatable bonds is 3. The molecule has 0 saturated heterocycles. The van der Waals surface area contributed by atoms with Crippen molar-refractivity contribution < 1.29 is 17.2 Å². The fourth-order valence-corrected chi connectivity index (χ4v) is 2.45. The predicted molar refractivity (Wildman–Crippen MR) is 56.4 cm³/mol. The SMILES string of the molecule is CC(C#N)N(C)S(=O)(=O)c1ccc(F)cc1F. The first-order valence-corrected chi connectivity index (χ1v) is 6.07. The Kier molecular flexibility index (Phi) is 3.80. The van der Waals surface area contributed by atoms with Crippen molar-refractivity contribution in [2.24, 2.45) is 0 Å². The van der Waals surface area contributed by atoms with Crippen LogP contribution in [0.4, 0.5) is 8.78 Å². The van der Waals surface area contributed by atoms with Gasteiger partial charge in [0.05, 0.1) is 6.07 Å². The van der Waals surface area contributed by atoms with E-state index in [2.05, 4.69) is 0 Å². The van der Waals surface area contributed by atoms with E-state index in [0.717, 1.165) is 23.5 Å². The van der Waals surface area contributed by atoms with Crippen LogP contribution in [0, 0.1) is 23.0 Å². The van der Waals surface area contributed by atoms with Crippen LogP contribution in [0.1, 0.15) is 6.92 Å². The average Bonchev–Trinajstić information content (AvgIpc) is 2.26. The Hall–Kier alpha value is -1.52. The summed E-state index contributed by atoms with van der Waals surface area (Å²) in [5, 5.41) is 8.62. The summed E-state index contributed by atoms with van der Waals surface area (Å²) in [6.45, 7) is 1.36. The second kappa shape index (κ2) is 4.77. The number of hydrogen-bond donors (Lipinski definition) is 0. The fraction of sp³-hybridized carbons (Fsp3) is 0.300. The molecule has 17 heavy (non-hydrogen) atoms. The van der Waals surface area contributed by atoms with E-state index in [-0.39, 0.29) is 0 Å². The highest BCUT2D eigenvalue weighted by molar-refractivity contribution is 7.89. The zero-order chi connectivity index (χ0) is 13.2. The molecule has 1 aromatic rings. The summed E-state index contributed by atoms with van der Waals surface area (Å²) < 4.78 is 50.5. The van der Waals surface area contributed by atoms with Gasteiger partial charge in [0, 0.05) is 13.1 Å². The molecule has 0 radical (unpaired) electrons. The number of sulfonamides is 1. The molecule has 0 bridgehead atoms. The zero-order valence-corrected chi connectivity index (χ0v) is 10.0. The van der Waals surface area contributed by atoms with E-state index < -0.39 is 32.6 Å². The van der Waals surface area contributed by atoms with Gasteiger partial charge in [0.1, 0.15) is 22.6 Å². The van der Waals surface area contributed by atoms with Crippen LogP contribution in [0.3, 0.4) is 0 Å². The highest BCUT2D eigenvalue weighted by atomic mass is 32.2. The second-order valence-electron chi connectivity index (χ2n) is 3.40. The second-order valence-corrected chi connectivity index (χ2v) is 5.37. The predicted octanol–water partition coefficient (Wildman–Crippen LogP) is 1.50. The van der Waals surface area contributed by atoms with Crippen LogP contribution >= 0.6 is 0 Å². The number of hydrogen-bond acceptors (Lipinski definition) is 3. The van der Waals surface area contributed by atoms with E-state index in [4.69, 9.17) is 5.26 Å². The molecule has 1 aromatic carbocycles. The summed E-state index contributed by atoms with van der Waals surface area (Å²) in [6, 6.07) is 2.95. The Labute approximate surface area is 98.1 Å². The number of nitrogens with zero attached hydrogens (tertiary/aromatic N) is 2. The quantitative estimate of drug-likeness (QED) is 0.827. The topological polar surface area (TPSA) is 61.2 Å². The molecule has 0 aromatic heterocycles. The van der Waals surface area contributed by atoms with Crippen LogP contribution in [0.5, 0.6) is 0 Å². The Balaban J connectivity index is 3.28. The van der Waals surface area contributed by atoms with Gasteiger partial charge in [-0.3, -0.25) is 0 Å². The van der Waals surface area contributed by atoms with Crippen molar-refractivity contribution in [3.63, 3.8) is 0 Å². The lowest BCUT2D eigenvalue weighted by Crippen LogP contribution is -2.34. The monoisotopic (exact) mass is 260 g/mol. The summed E-state index contributed by atoms with van der Waals surface area (Å²) in [4.78, 5) is -0.650. The Morgan fingerprint density at radius 1 is 1.41 bits per heavy atom. The lowest BCUT2D eigenvalue weighted by Gasteiger charge is -2.19. The summed E-state index contributed by atoms with van der Waals surface area (Å²) in [5.74, 6) is -2.04. The van der Waals surface area contributed by atoms with Gasteiger partial charge in [-0.15, -0.1) is 0 Å². The molecule has 7 heteroatoms. The average molecular weight is 260 g/mol. The molecule has 1 unspecified atom stereocenters. The third-order valence-corrected chi connectivity index (χ3v) is 4.24. The molecule has 0 fully saturated rings. The lowest BCUT2D eigenvalue weighted by molar-refractivity contribution is 0.436. The van der Waals surface area contributed by atoms with Crippen molar-refractivity contribution in [1.29, 1.82) is 5.26 Å². The summed E-state index contributed by atoms with van der Waals surface area (Å²) in [6.07, 6.45) is 0. The normalized spacial score (nSPS) is 13.4. The van der Waals surface area contributed by atoms with Crippen molar-refractivity contribution in [3.8, 4) is 6.07 Å². The van der Waals surface area contributed by atoms with Gasteiger partial charge in [-0.25, -0.2) is 17.2 Å². The molecule has 0 aliphatic carbocycles. The molecular weight excluding hydrogens is 250 g/mol. The van der Waals surface area contributed by atoms with Crippen molar-refractivity contribution >= 4 is 10.0 Å². The highest BCUT2D eigenvalue weighted by Crippen LogP contribution is 2.20. The van der Waals surface area contributed by atoms with Gasteiger partial charge < -0.3 is 0 Å². The van der Waals surface area contributed by atoms with Crippen molar-refractivity contribution in [3.05, 3.63) is 29.8 Å². The molecule has 0 aliphatic heterocycles. The Morgan fingerprint density at radius 2 is 2.00 bits per heavy atom. The number of benzene rings is 1. The van der Waals surface area contributed by atoms with Gasteiger partial charge in [-0.05, 0) is 19.1 Å². The minimum absolute atomic E-state index is 0.484. The van der Waals surface area contributed by atoms with E-state index in [1.807, 2.05) is 0 Å². The maximum atomic E-state index is 13.3. The molecule has 4 nitrogen and oxygen atoms in total. The molecule has 0 N–H and O–H groups in total. The van der Waals surface area contributed by atoms with Gasteiger partial charge in [0.2, 0.25) is 10.0 Å². The van der Waals surface area contributed by atoms with Gasteiger partial charge in [-0.1, -0.05) is 0 Å². The lowest BCUT2D eigenvalue weighted by atomic mass is 10.3. The third kappa shape index (κ3) is 2.60. The first-order chi connectivity index (χ1) is 7.80. The minimum atomic E-state index is -4.13. The molecule has 92 valence electrons. The van der Waals surface area contributed by atoms with Crippen LogP contribution in [0.15, 0.2) is 23.1 Å². The van der Waals surface area contributed by atoms with Crippen LogP contribution in [-0.4, -0.2) is 25.8 Å². The standard InChI is InChI=1S/C10H10F2N2O2S/c1-7(6-13)14(2)17(15,16)10-4-3-8(11)5-9(10)12/h3-5,7H,1-2H3. The van der Waals surface area contributed by atoms with Gasteiger partial charge in [0.25, 0.3) is 0 Å². The molecule has 0 saturated carbocycles. The van der Waals surface area contributed by atoms with E-state index >= 15 is 0 Å². The Bertz CT molecular complexity index is 566. The first kappa shape index (κ1) is 13.5. The first-order valence-electron chi connectivity index (χ1n) is 4.63. The summed E-state index contributed by atoms with van der Waals surface area (Å²) in [7, 11) is -2.97. The van der Waals surface area contributed by atoms with Gasteiger partial charge in [0.15, 0.2) is 0 Å². The largest absolute Gasteiger partial charge is 0.246 e. The maximum absolute atomic E-state index is 13.3. The highest BCUT2D eigenvalue weighted by Gasteiger charge is 2.28. The van der Waals surface area contributed by atoms with E-state index in [1.165, 1.54) is 6.92 Å². The molecule has 1 atom stereocenters. The Morgan fingerprint density at radius 3 is 2.47 bits per heavy atom. The molecule has 0 aliphatic rings. The van der Waals surface area contributed by atoms with E-state index in [1.54, 1.807) is 6.07 Å². The number of nitriles is 1. The van der Waals surface area contributed by atoms with Crippen molar-refractivity contribution in [1.82, 2.24) is 4.31 Å². The minimum Gasteiger partial charge on any atom is -0.207 e. The van der Waals surface area contributed by atoms with Crippen LogP contribution in [0.2, 0.25) is 0 Å². The molecule has 1 rings (SSSR count). The smallest absolute Gasteiger partial charge is 0.207 e. The van der Waals surface area contributed by atoms with Crippen molar-refractivity contribution in [2.75, 3.05) is 7.05 Å².